The van der Waals surface area contributed by atoms with E-state index in [0.29, 0.717) is 0 Å². The Labute approximate surface area is 64.8 Å². The van der Waals surface area contributed by atoms with Gasteiger partial charge in [0.15, 0.2) is 0 Å². The normalized spacial score (nSPS) is 12.0. The number of ether oxygens (including phenoxy) is 1. The maximum atomic E-state index is 5.42. The zero-order valence-electron chi connectivity index (χ0n) is 7.61. The van der Waals surface area contributed by atoms with Gasteiger partial charge >= 0.3 is 0 Å². The second kappa shape index (κ2) is 4.73. The lowest BCUT2D eigenvalue weighted by atomic mass is 9.92. The number of rotatable bonds is 5. The van der Waals surface area contributed by atoms with E-state index < -0.39 is 0 Å². The van der Waals surface area contributed by atoms with Crippen LogP contribution in [0.2, 0.25) is 0 Å². The summed E-state index contributed by atoms with van der Waals surface area (Å²) in [6.07, 6.45) is 5.50. The molecule has 0 N–H and O–H groups in total. The van der Waals surface area contributed by atoms with E-state index in [1.807, 2.05) is 0 Å². The van der Waals surface area contributed by atoms with Crippen molar-refractivity contribution in [2.75, 3.05) is 7.11 Å². The third-order valence-electron chi connectivity index (χ3n) is 2.18. The van der Waals surface area contributed by atoms with Crippen LogP contribution < -0.4 is 0 Å². The highest BCUT2D eigenvalue weighted by molar-refractivity contribution is 4.91. The molecule has 0 aromatic carbocycles. The first-order valence-corrected chi connectivity index (χ1v) is 4.14. The van der Waals surface area contributed by atoms with Gasteiger partial charge in [0.1, 0.15) is 0 Å². The third-order valence-corrected chi connectivity index (χ3v) is 2.18. The summed E-state index contributed by atoms with van der Waals surface area (Å²) in [5.74, 6) is 0. The van der Waals surface area contributed by atoms with Crippen molar-refractivity contribution in [3.8, 4) is 0 Å². The maximum absolute atomic E-state index is 5.42. The molecule has 0 saturated carbocycles. The van der Waals surface area contributed by atoms with Crippen LogP contribution in [0.5, 0.6) is 0 Å². The maximum Gasteiger partial charge on any atom is 0.0705 e. The average molecular weight is 143 g/mol. The van der Waals surface area contributed by atoms with E-state index in [-0.39, 0.29) is 5.60 Å². The van der Waals surface area contributed by atoms with Gasteiger partial charge in [-0.2, -0.15) is 0 Å². The van der Waals surface area contributed by atoms with Gasteiger partial charge in [0.2, 0.25) is 0 Å². The Balaban J connectivity index is 3.87. The van der Waals surface area contributed by atoms with E-state index in [2.05, 4.69) is 27.2 Å². The van der Waals surface area contributed by atoms with Crippen LogP contribution in [0.25, 0.3) is 0 Å². The van der Waals surface area contributed by atoms with Gasteiger partial charge in [-0.15, -0.1) is 0 Å². The molecule has 0 fully saturated rings. The van der Waals surface area contributed by atoms with Crippen molar-refractivity contribution in [3.05, 3.63) is 6.42 Å². The van der Waals surface area contributed by atoms with E-state index in [1.165, 1.54) is 0 Å². The fraction of sp³-hybridized carbons (Fsp3) is 0.889. The summed E-state index contributed by atoms with van der Waals surface area (Å²) in [5.41, 5.74) is 0.0503. The minimum atomic E-state index is 0.0503. The van der Waals surface area contributed by atoms with Crippen molar-refractivity contribution < 1.29 is 4.74 Å². The van der Waals surface area contributed by atoms with Crippen LogP contribution in [0.1, 0.15) is 40.0 Å². The Kier molecular flexibility index (Phi) is 4.71. The summed E-state index contributed by atoms with van der Waals surface area (Å²) in [6.45, 7) is 6.48. The van der Waals surface area contributed by atoms with E-state index in [1.54, 1.807) is 7.11 Å². The van der Waals surface area contributed by atoms with E-state index in [4.69, 9.17) is 4.74 Å². The van der Waals surface area contributed by atoms with Crippen LogP contribution in [-0.2, 0) is 4.74 Å². The van der Waals surface area contributed by atoms with E-state index >= 15 is 0 Å². The molecule has 1 nitrogen and oxygen atoms in total. The van der Waals surface area contributed by atoms with Crippen molar-refractivity contribution in [1.82, 2.24) is 0 Å². The molecule has 0 rings (SSSR count). The van der Waals surface area contributed by atoms with Crippen molar-refractivity contribution in [2.45, 2.75) is 45.6 Å². The topological polar surface area (TPSA) is 9.23 Å². The summed E-state index contributed by atoms with van der Waals surface area (Å²) in [4.78, 5) is 0. The summed E-state index contributed by atoms with van der Waals surface area (Å²) in [6, 6.07) is 0. The van der Waals surface area contributed by atoms with Gasteiger partial charge in [-0.3, -0.25) is 0 Å². The number of hydrogen-bond donors (Lipinski definition) is 0. The van der Waals surface area contributed by atoms with Gasteiger partial charge in [0.05, 0.1) is 5.60 Å². The lowest BCUT2D eigenvalue weighted by Gasteiger charge is -2.29. The monoisotopic (exact) mass is 143 g/mol. The average Bonchev–Trinajstić information content (AvgIpc) is 2.01. The molecule has 1 heteroatoms. The molecule has 0 aliphatic carbocycles. The Hall–Kier alpha value is -0.0400. The molecule has 0 aromatic heterocycles. The Morgan fingerprint density at radius 1 is 1.20 bits per heavy atom. The Morgan fingerprint density at radius 3 is 1.80 bits per heavy atom. The molecule has 10 heavy (non-hydrogen) atoms. The van der Waals surface area contributed by atoms with Crippen LogP contribution in [0.4, 0.5) is 0 Å². The molecule has 61 valence electrons. The van der Waals surface area contributed by atoms with Gasteiger partial charge in [0.25, 0.3) is 0 Å². The molecule has 0 aliphatic heterocycles. The molecule has 0 amide bonds. The van der Waals surface area contributed by atoms with Gasteiger partial charge in [-0.05, 0) is 19.3 Å². The molecular weight excluding hydrogens is 124 g/mol. The minimum Gasteiger partial charge on any atom is -0.378 e. The summed E-state index contributed by atoms with van der Waals surface area (Å²) >= 11 is 0. The smallest absolute Gasteiger partial charge is 0.0705 e. The second-order valence-electron chi connectivity index (χ2n) is 2.59. The van der Waals surface area contributed by atoms with Crippen LogP contribution in [-0.4, -0.2) is 12.7 Å². The van der Waals surface area contributed by atoms with Gasteiger partial charge < -0.3 is 4.74 Å². The number of methoxy groups -OCH3 is 1. The summed E-state index contributed by atoms with van der Waals surface area (Å²) in [5, 5.41) is 0. The highest BCUT2D eigenvalue weighted by atomic mass is 16.5. The van der Waals surface area contributed by atoms with Crippen LogP contribution in [0.3, 0.4) is 0 Å². The Bertz CT molecular complexity index is 66.5. The highest BCUT2D eigenvalue weighted by Crippen LogP contribution is 2.23. The zero-order chi connectivity index (χ0) is 8.04. The highest BCUT2D eigenvalue weighted by Gasteiger charge is 2.23. The predicted molar refractivity (Wildman–Crippen MR) is 44.9 cm³/mol. The van der Waals surface area contributed by atoms with Crippen LogP contribution in [0, 0.1) is 6.42 Å². The van der Waals surface area contributed by atoms with E-state index in [9.17, 15) is 0 Å². The first kappa shape index (κ1) is 9.96. The standard InChI is InChI=1S/C9H19O/c1-5-8-9(6-2,7-3)10-4/h8H,5-7H2,1-4H3. The van der Waals surface area contributed by atoms with Crippen molar-refractivity contribution in [3.63, 3.8) is 0 Å². The first-order valence-electron chi connectivity index (χ1n) is 4.14. The molecule has 1 radical (unpaired) electrons. The van der Waals surface area contributed by atoms with Crippen molar-refractivity contribution in [2.24, 2.45) is 0 Å². The summed E-state index contributed by atoms with van der Waals surface area (Å²) in [7, 11) is 1.79. The van der Waals surface area contributed by atoms with Crippen LogP contribution in [0.15, 0.2) is 0 Å². The largest absolute Gasteiger partial charge is 0.378 e. The molecule has 0 aromatic rings. The third kappa shape index (κ3) is 2.30. The summed E-state index contributed by atoms with van der Waals surface area (Å²) < 4.78 is 5.42. The molecule has 0 saturated heterocycles. The lowest BCUT2D eigenvalue weighted by Crippen LogP contribution is -2.29. The first-order chi connectivity index (χ1) is 4.74. The lowest BCUT2D eigenvalue weighted by molar-refractivity contribution is 0.00958. The number of hydrogen-bond acceptors (Lipinski definition) is 1. The van der Waals surface area contributed by atoms with Gasteiger partial charge in [-0.25, -0.2) is 0 Å². The SMILES string of the molecule is CC[CH]C(CC)(CC)OC. The zero-order valence-corrected chi connectivity index (χ0v) is 7.61. The fourth-order valence-corrected chi connectivity index (χ4v) is 1.28. The molecule has 0 unspecified atom stereocenters. The van der Waals surface area contributed by atoms with E-state index in [0.717, 1.165) is 19.3 Å². The molecule has 0 bridgehead atoms. The molecule has 0 atom stereocenters. The molecular formula is C9H19O. The molecule has 0 heterocycles. The van der Waals surface area contributed by atoms with Gasteiger partial charge in [-0.1, -0.05) is 27.2 Å². The molecule has 0 aliphatic rings. The minimum absolute atomic E-state index is 0.0503. The Morgan fingerprint density at radius 2 is 1.70 bits per heavy atom. The molecule has 0 spiro atoms. The van der Waals surface area contributed by atoms with Crippen molar-refractivity contribution in [1.29, 1.82) is 0 Å². The quantitative estimate of drug-likeness (QED) is 0.575. The predicted octanol–water partition coefficient (Wildman–Crippen LogP) is 2.81. The van der Waals surface area contributed by atoms with Crippen molar-refractivity contribution >= 4 is 0 Å². The van der Waals surface area contributed by atoms with Crippen LogP contribution >= 0.6 is 0 Å². The van der Waals surface area contributed by atoms with Gasteiger partial charge in [0, 0.05) is 7.11 Å². The fourth-order valence-electron chi connectivity index (χ4n) is 1.28. The second-order valence-corrected chi connectivity index (χ2v) is 2.59.